The lowest BCUT2D eigenvalue weighted by molar-refractivity contribution is 0.0252. The minimum absolute atomic E-state index is 0.193. The van der Waals surface area contributed by atoms with Crippen LogP contribution in [0.4, 0.5) is 11.5 Å². The maximum absolute atomic E-state index is 12.4. The number of amides is 1. The van der Waals surface area contributed by atoms with E-state index in [-0.39, 0.29) is 5.91 Å². The number of carbonyl (C=O) groups excluding carboxylic acids is 1. The van der Waals surface area contributed by atoms with E-state index in [1.54, 1.807) is 43.6 Å². The monoisotopic (exact) mass is 426 g/mol. The Morgan fingerprint density at radius 2 is 1.97 bits per heavy atom. The van der Waals surface area contributed by atoms with Crippen molar-refractivity contribution in [2.75, 3.05) is 63.3 Å². The Kier molecular flexibility index (Phi) is 8.40. The van der Waals surface area contributed by atoms with Gasteiger partial charge in [0.1, 0.15) is 11.6 Å². The van der Waals surface area contributed by atoms with Gasteiger partial charge >= 0.3 is 0 Å². The van der Waals surface area contributed by atoms with Crippen molar-refractivity contribution in [1.29, 1.82) is 0 Å². The molecule has 3 rings (SSSR count). The molecule has 2 aromatic rings. The maximum atomic E-state index is 12.4. The van der Waals surface area contributed by atoms with Crippen molar-refractivity contribution in [3.63, 3.8) is 0 Å². The number of hydrogen-bond donors (Lipinski definition) is 2. The summed E-state index contributed by atoms with van der Waals surface area (Å²) in [6.07, 6.45) is 2.84. The highest BCUT2D eigenvalue weighted by Gasteiger charge is 2.20. The van der Waals surface area contributed by atoms with Crippen molar-refractivity contribution >= 4 is 17.4 Å². The number of ether oxygens (including phenoxy) is 2. The van der Waals surface area contributed by atoms with E-state index in [1.165, 1.54) is 0 Å². The minimum Gasteiger partial charge on any atom is -0.497 e. The highest BCUT2D eigenvalue weighted by atomic mass is 16.5. The van der Waals surface area contributed by atoms with Gasteiger partial charge in [-0.2, -0.15) is 0 Å². The largest absolute Gasteiger partial charge is 0.497 e. The number of pyridine rings is 1. The summed E-state index contributed by atoms with van der Waals surface area (Å²) in [4.78, 5) is 21.3. The van der Waals surface area contributed by atoms with Crippen LogP contribution in [0.1, 0.15) is 10.4 Å². The first-order valence-corrected chi connectivity index (χ1v) is 10.3. The molecule has 1 atom stereocenters. The average molecular weight is 427 g/mol. The van der Waals surface area contributed by atoms with E-state index < -0.39 is 6.10 Å². The van der Waals surface area contributed by atoms with Crippen LogP contribution in [0.5, 0.6) is 5.75 Å². The molecule has 1 amide bonds. The van der Waals surface area contributed by atoms with Crippen LogP contribution in [-0.4, -0.2) is 80.0 Å². The molecule has 1 saturated heterocycles. The Balaban J connectivity index is 1.46. The van der Waals surface area contributed by atoms with Gasteiger partial charge in [-0.05, 0) is 36.4 Å². The lowest BCUT2D eigenvalue weighted by atomic mass is 10.2. The molecular formula is C23H30N4O4. The molecule has 0 spiro atoms. The number of benzene rings is 1. The molecule has 1 aliphatic heterocycles. The van der Waals surface area contributed by atoms with Gasteiger partial charge < -0.3 is 24.8 Å². The lowest BCUT2D eigenvalue weighted by Crippen LogP contribution is -2.49. The summed E-state index contributed by atoms with van der Waals surface area (Å²) >= 11 is 0. The molecule has 0 saturated carbocycles. The van der Waals surface area contributed by atoms with E-state index in [4.69, 9.17) is 9.47 Å². The van der Waals surface area contributed by atoms with E-state index in [2.05, 4.69) is 26.7 Å². The van der Waals surface area contributed by atoms with Gasteiger partial charge in [-0.15, -0.1) is 6.58 Å². The first kappa shape index (κ1) is 22.7. The summed E-state index contributed by atoms with van der Waals surface area (Å²) in [5, 5.41) is 12.9. The number of anilines is 2. The summed E-state index contributed by atoms with van der Waals surface area (Å²) in [5.74, 6) is 1.39. The van der Waals surface area contributed by atoms with Crippen LogP contribution in [0, 0.1) is 0 Å². The zero-order valence-corrected chi connectivity index (χ0v) is 17.9. The number of piperazine rings is 1. The third-order valence-electron chi connectivity index (χ3n) is 5.07. The Morgan fingerprint density at radius 3 is 2.58 bits per heavy atom. The van der Waals surface area contributed by atoms with Crippen molar-refractivity contribution in [3.05, 3.63) is 60.8 Å². The molecule has 8 nitrogen and oxygen atoms in total. The number of aliphatic hydroxyl groups is 1. The molecule has 31 heavy (non-hydrogen) atoms. The van der Waals surface area contributed by atoms with Crippen molar-refractivity contribution in [2.24, 2.45) is 0 Å². The first-order valence-electron chi connectivity index (χ1n) is 10.3. The Labute approximate surface area is 183 Å². The molecule has 0 aliphatic carbocycles. The molecule has 1 fully saturated rings. The fourth-order valence-corrected chi connectivity index (χ4v) is 3.39. The molecule has 0 radical (unpaired) electrons. The molecule has 166 valence electrons. The van der Waals surface area contributed by atoms with Crippen LogP contribution in [0.2, 0.25) is 0 Å². The normalized spacial score (nSPS) is 15.4. The van der Waals surface area contributed by atoms with Crippen LogP contribution in [-0.2, 0) is 4.74 Å². The van der Waals surface area contributed by atoms with Crippen molar-refractivity contribution in [1.82, 2.24) is 9.88 Å². The van der Waals surface area contributed by atoms with Crippen molar-refractivity contribution < 1.29 is 19.4 Å². The molecule has 2 N–H and O–H groups in total. The predicted molar refractivity (Wildman–Crippen MR) is 121 cm³/mol. The number of carbonyl (C=O) groups is 1. The number of hydrogen-bond acceptors (Lipinski definition) is 7. The lowest BCUT2D eigenvalue weighted by Gasteiger charge is -2.36. The molecular weight excluding hydrogens is 396 g/mol. The number of rotatable bonds is 10. The Morgan fingerprint density at radius 1 is 1.23 bits per heavy atom. The molecule has 0 bridgehead atoms. The number of aromatic nitrogens is 1. The number of β-amino-alcohol motifs (C(OH)–C–C–N with tert-alkyl or cyclic N) is 1. The van der Waals surface area contributed by atoms with Crippen molar-refractivity contribution in [3.8, 4) is 5.75 Å². The van der Waals surface area contributed by atoms with Crippen LogP contribution >= 0.6 is 0 Å². The zero-order valence-electron chi connectivity index (χ0n) is 17.9. The minimum atomic E-state index is -0.502. The molecule has 8 heteroatoms. The van der Waals surface area contributed by atoms with E-state index in [9.17, 15) is 9.90 Å². The average Bonchev–Trinajstić information content (AvgIpc) is 2.80. The highest BCUT2D eigenvalue weighted by molar-refractivity contribution is 6.04. The number of methoxy groups -OCH3 is 1. The third kappa shape index (κ3) is 6.78. The summed E-state index contributed by atoms with van der Waals surface area (Å²) in [7, 11) is 1.59. The van der Waals surface area contributed by atoms with Gasteiger partial charge in [-0.1, -0.05) is 6.08 Å². The van der Waals surface area contributed by atoms with Gasteiger partial charge in [0.15, 0.2) is 0 Å². The standard InChI is InChI=1S/C23H30N4O4/c1-3-14-31-17-20(28)16-26-10-12-27(13-11-26)22-9-6-19(15-24-22)25-23(29)18-4-7-21(30-2)8-5-18/h3-9,15,20,28H,1,10-14,16-17H2,2H3,(H,25,29). The van der Waals surface area contributed by atoms with Gasteiger partial charge in [0.05, 0.1) is 38.3 Å². The van der Waals surface area contributed by atoms with Gasteiger partial charge in [0.25, 0.3) is 5.91 Å². The number of nitrogens with one attached hydrogen (secondary N) is 1. The van der Waals surface area contributed by atoms with Gasteiger partial charge in [0, 0.05) is 38.3 Å². The number of nitrogens with zero attached hydrogens (tertiary/aromatic N) is 3. The fourth-order valence-electron chi connectivity index (χ4n) is 3.39. The summed E-state index contributed by atoms with van der Waals surface area (Å²) in [6.45, 7) is 8.29. The van der Waals surface area contributed by atoms with Crippen LogP contribution in [0.25, 0.3) is 0 Å². The highest BCUT2D eigenvalue weighted by Crippen LogP contribution is 2.18. The summed E-state index contributed by atoms with van der Waals surface area (Å²) < 4.78 is 10.4. The van der Waals surface area contributed by atoms with Crippen LogP contribution in [0.15, 0.2) is 55.3 Å². The molecule has 1 aromatic heterocycles. The quantitative estimate of drug-likeness (QED) is 0.444. The second-order valence-corrected chi connectivity index (χ2v) is 7.36. The predicted octanol–water partition coefficient (Wildman–Crippen LogP) is 2.03. The summed E-state index contributed by atoms with van der Waals surface area (Å²) in [5.41, 5.74) is 1.20. The van der Waals surface area contributed by atoms with E-state index >= 15 is 0 Å². The Bertz CT molecular complexity index is 834. The topological polar surface area (TPSA) is 87.2 Å². The second-order valence-electron chi connectivity index (χ2n) is 7.36. The molecule has 1 aromatic carbocycles. The van der Waals surface area contributed by atoms with Gasteiger partial charge in [0.2, 0.25) is 0 Å². The smallest absolute Gasteiger partial charge is 0.255 e. The summed E-state index contributed by atoms with van der Waals surface area (Å²) in [6, 6.07) is 10.7. The van der Waals surface area contributed by atoms with E-state index in [0.717, 1.165) is 32.0 Å². The SMILES string of the molecule is C=CCOCC(O)CN1CCN(c2ccc(NC(=O)c3ccc(OC)cc3)cn2)CC1. The number of aliphatic hydroxyl groups excluding tert-OH is 1. The maximum Gasteiger partial charge on any atom is 0.255 e. The third-order valence-corrected chi connectivity index (χ3v) is 5.07. The molecule has 1 unspecified atom stereocenters. The second kappa shape index (κ2) is 11.5. The van der Waals surface area contributed by atoms with E-state index in [0.29, 0.717) is 36.8 Å². The Hall–Kier alpha value is -2.94. The van der Waals surface area contributed by atoms with Gasteiger partial charge in [-0.25, -0.2) is 4.98 Å². The fraction of sp³-hybridized carbons (Fsp3) is 0.391. The van der Waals surface area contributed by atoms with Gasteiger partial charge in [-0.3, -0.25) is 9.69 Å². The molecule has 2 heterocycles. The van der Waals surface area contributed by atoms with Crippen LogP contribution in [0.3, 0.4) is 0 Å². The van der Waals surface area contributed by atoms with E-state index in [1.807, 2.05) is 12.1 Å². The van der Waals surface area contributed by atoms with Crippen LogP contribution < -0.4 is 15.0 Å². The molecule has 1 aliphatic rings. The van der Waals surface area contributed by atoms with Crippen molar-refractivity contribution in [2.45, 2.75) is 6.10 Å². The first-order chi connectivity index (χ1) is 15.1. The zero-order chi connectivity index (χ0) is 22.1.